The summed E-state index contributed by atoms with van der Waals surface area (Å²) in [5.41, 5.74) is 0. The number of carbonyl (C=O) groups is 3. The molecule has 7 heteroatoms. The van der Waals surface area contributed by atoms with Gasteiger partial charge in [-0.3, -0.25) is 14.4 Å². The number of aliphatic carboxylic acids is 1. The molecule has 6 nitrogen and oxygen atoms in total. The lowest BCUT2D eigenvalue weighted by molar-refractivity contribution is -0.139. The summed E-state index contributed by atoms with van der Waals surface area (Å²) in [6.45, 7) is 0.232. The third-order valence-corrected chi connectivity index (χ3v) is 3.69. The average molecular weight is 258 g/mol. The van der Waals surface area contributed by atoms with Crippen molar-refractivity contribution in [3.8, 4) is 0 Å². The maximum absolute atomic E-state index is 12.1. The molecule has 1 aliphatic carbocycles. The molecule has 2 aliphatic rings. The summed E-state index contributed by atoms with van der Waals surface area (Å²) >= 11 is 1.09. The number of hydrogen-bond donors (Lipinski definition) is 2. The topological polar surface area (TPSA) is 86.7 Å². The molecule has 1 atom stereocenters. The van der Waals surface area contributed by atoms with Crippen molar-refractivity contribution >= 4 is 28.9 Å². The third-order valence-electron chi connectivity index (χ3n) is 2.81. The van der Waals surface area contributed by atoms with Gasteiger partial charge in [-0.05, 0) is 12.8 Å². The summed E-state index contributed by atoms with van der Waals surface area (Å²) in [4.78, 5) is 35.2. The number of carbonyl (C=O) groups excluding carboxylic acids is 2. The van der Waals surface area contributed by atoms with Crippen molar-refractivity contribution in [3.63, 3.8) is 0 Å². The molecule has 0 aromatic heterocycles. The Labute approximate surface area is 103 Å². The van der Waals surface area contributed by atoms with Crippen LogP contribution in [0.5, 0.6) is 0 Å². The molecule has 94 valence electrons. The van der Waals surface area contributed by atoms with Crippen LogP contribution in [0.1, 0.15) is 19.3 Å². The van der Waals surface area contributed by atoms with E-state index in [-0.39, 0.29) is 30.2 Å². The molecule has 1 saturated carbocycles. The summed E-state index contributed by atoms with van der Waals surface area (Å²) < 4.78 is 0. The molecule has 0 aromatic carbocycles. The van der Waals surface area contributed by atoms with Gasteiger partial charge >= 0.3 is 5.97 Å². The van der Waals surface area contributed by atoms with Gasteiger partial charge in [-0.25, -0.2) is 0 Å². The smallest absolute Gasteiger partial charge is 0.305 e. The van der Waals surface area contributed by atoms with Crippen LogP contribution in [0, 0.1) is 0 Å². The van der Waals surface area contributed by atoms with Crippen LogP contribution < -0.4 is 5.32 Å². The number of carboxylic acid groups (broad SMARTS) is 1. The van der Waals surface area contributed by atoms with Crippen LogP contribution in [-0.2, 0) is 9.59 Å². The quantitative estimate of drug-likeness (QED) is 0.739. The maximum atomic E-state index is 12.1. The highest BCUT2D eigenvalue weighted by molar-refractivity contribution is 8.14. The molecule has 1 unspecified atom stereocenters. The zero-order chi connectivity index (χ0) is 12.4. The number of rotatable bonds is 5. The highest BCUT2D eigenvalue weighted by Gasteiger charge is 2.38. The molecular formula is C10H14N2O4S. The normalized spacial score (nSPS) is 23.3. The molecule has 0 radical (unpaired) electrons. The van der Waals surface area contributed by atoms with Gasteiger partial charge in [0.2, 0.25) is 5.91 Å². The second-order valence-electron chi connectivity index (χ2n) is 4.20. The van der Waals surface area contributed by atoms with Gasteiger partial charge < -0.3 is 15.3 Å². The van der Waals surface area contributed by atoms with Crippen LogP contribution in [-0.4, -0.2) is 51.5 Å². The van der Waals surface area contributed by atoms with Crippen molar-refractivity contribution in [2.24, 2.45) is 0 Å². The lowest BCUT2D eigenvalue weighted by Gasteiger charge is -2.24. The van der Waals surface area contributed by atoms with E-state index in [0.29, 0.717) is 5.75 Å². The predicted octanol–water partition coefficient (Wildman–Crippen LogP) is 0.277. The van der Waals surface area contributed by atoms with E-state index in [1.165, 1.54) is 0 Å². The SMILES string of the molecule is O=C(O)CCN(C(=O)C1CSC(=O)N1)C1CC1. The monoisotopic (exact) mass is 258 g/mol. The minimum absolute atomic E-state index is 0.0456. The van der Waals surface area contributed by atoms with E-state index in [1.807, 2.05) is 0 Å². The number of nitrogens with zero attached hydrogens (tertiary/aromatic N) is 1. The molecule has 1 heterocycles. The minimum Gasteiger partial charge on any atom is -0.481 e. The zero-order valence-electron chi connectivity index (χ0n) is 9.22. The minimum atomic E-state index is -0.909. The lowest BCUT2D eigenvalue weighted by Crippen LogP contribution is -2.47. The average Bonchev–Trinajstić information content (AvgIpc) is 3.00. The summed E-state index contributed by atoms with van der Waals surface area (Å²) in [5, 5.41) is 11.0. The van der Waals surface area contributed by atoms with Gasteiger partial charge in [0.05, 0.1) is 6.42 Å². The van der Waals surface area contributed by atoms with Crippen molar-refractivity contribution in [1.29, 1.82) is 0 Å². The summed E-state index contributed by atoms with van der Waals surface area (Å²) in [5.74, 6) is -0.617. The number of nitrogens with one attached hydrogen (secondary N) is 1. The van der Waals surface area contributed by atoms with Crippen molar-refractivity contribution in [2.75, 3.05) is 12.3 Å². The van der Waals surface area contributed by atoms with Crippen LogP contribution in [0.25, 0.3) is 0 Å². The summed E-state index contributed by atoms with van der Waals surface area (Å²) in [7, 11) is 0. The van der Waals surface area contributed by atoms with Gasteiger partial charge in [0.1, 0.15) is 6.04 Å². The molecule has 17 heavy (non-hydrogen) atoms. The van der Waals surface area contributed by atoms with E-state index < -0.39 is 12.0 Å². The number of carboxylic acids is 1. The van der Waals surface area contributed by atoms with Crippen LogP contribution >= 0.6 is 11.8 Å². The molecule has 2 fully saturated rings. The Kier molecular flexibility index (Phi) is 3.56. The fourth-order valence-corrected chi connectivity index (χ4v) is 2.56. The zero-order valence-corrected chi connectivity index (χ0v) is 10.0. The fourth-order valence-electron chi connectivity index (χ4n) is 1.79. The Morgan fingerprint density at radius 2 is 2.18 bits per heavy atom. The van der Waals surface area contributed by atoms with Gasteiger partial charge in [-0.1, -0.05) is 11.8 Å². The lowest BCUT2D eigenvalue weighted by atomic mass is 10.2. The molecule has 0 bridgehead atoms. The van der Waals surface area contributed by atoms with Gasteiger partial charge in [0.15, 0.2) is 0 Å². The Morgan fingerprint density at radius 3 is 2.65 bits per heavy atom. The molecular weight excluding hydrogens is 244 g/mol. The van der Waals surface area contributed by atoms with Gasteiger partial charge in [0.25, 0.3) is 5.24 Å². The molecule has 1 aliphatic heterocycles. The highest BCUT2D eigenvalue weighted by atomic mass is 32.2. The molecule has 0 spiro atoms. The van der Waals surface area contributed by atoms with Crippen molar-refractivity contribution in [2.45, 2.75) is 31.3 Å². The Morgan fingerprint density at radius 1 is 1.47 bits per heavy atom. The Balaban J connectivity index is 1.93. The predicted molar refractivity (Wildman–Crippen MR) is 61.8 cm³/mol. The number of thioether (sulfide) groups is 1. The van der Waals surface area contributed by atoms with Crippen LogP contribution in [0.2, 0.25) is 0 Å². The molecule has 1 saturated heterocycles. The van der Waals surface area contributed by atoms with Crippen molar-refractivity contribution < 1.29 is 19.5 Å². The standard InChI is InChI=1S/C10H14N2O4S/c13-8(14)3-4-12(6-1-2-6)9(15)7-5-17-10(16)11-7/h6-7H,1-5H2,(H,11,16)(H,13,14). The van der Waals surface area contributed by atoms with E-state index >= 15 is 0 Å². The van der Waals surface area contributed by atoms with Crippen LogP contribution in [0.3, 0.4) is 0 Å². The second-order valence-corrected chi connectivity index (χ2v) is 5.19. The maximum Gasteiger partial charge on any atom is 0.305 e. The Bertz CT molecular complexity index is 356. The van der Waals surface area contributed by atoms with Crippen molar-refractivity contribution in [1.82, 2.24) is 10.2 Å². The first-order valence-electron chi connectivity index (χ1n) is 5.53. The van der Waals surface area contributed by atoms with Gasteiger partial charge in [0, 0.05) is 18.3 Å². The molecule has 0 aromatic rings. The van der Waals surface area contributed by atoms with E-state index in [4.69, 9.17) is 5.11 Å². The summed E-state index contributed by atoms with van der Waals surface area (Å²) in [6, 6.07) is -0.314. The molecule has 2 amide bonds. The number of amides is 2. The van der Waals surface area contributed by atoms with Crippen LogP contribution in [0.15, 0.2) is 0 Å². The van der Waals surface area contributed by atoms with Crippen molar-refractivity contribution in [3.05, 3.63) is 0 Å². The number of hydrogen-bond acceptors (Lipinski definition) is 4. The van der Waals surface area contributed by atoms with Gasteiger partial charge in [-0.15, -0.1) is 0 Å². The van der Waals surface area contributed by atoms with Gasteiger partial charge in [-0.2, -0.15) is 0 Å². The van der Waals surface area contributed by atoms with Crippen LogP contribution in [0.4, 0.5) is 4.79 Å². The first kappa shape index (κ1) is 12.2. The first-order chi connectivity index (χ1) is 8.08. The van der Waals surface area contributed by atoms with E-state index in [9.17, 15) is 14.4 Å². The largest absolute Gasteiger partial charge is 0.481 e. The second kappa shape index (κ2) is 4.95. The molecule has 2 N–H and O–H groups in total. The molecule has 2 rings (SSSR count). The van der Waals surface area contributed by atoms with E-state index in [0.717, 1.165) is 24.6 Å². The summed E-state index contributed by atoms with van der Waals surface area (Å²) in [6.07, 6.45) is 1.81. The van der Waals surface area contributed by atoms with E-state index in [2.05, 4.69) is 5.32 Å². The fraction of sp³-hybridized carbons (Fsp3) is 0.700. The Hall–Kier alpha value is -1.24. The van der Waals surface area contributed by atoms with E-state index in [1.54, 1.807) is 4.90 Å². The highest BCUT2D eigenvalue weighted by Crippen LogP contribution is 2.28. The first-order valence-corrected chi connectivity index (χ1v) is 6.52. The third kappa shape index (κ3) is 3.12.